The highest BCUT2D eigenvalue weighted by Crippen LogP contribution is 2.50. The predicted molar refractivity (Wildman–Crippen MR) is 138 cm³/mol. The Balaban J connectivity index is 1.64. The zero-order valence-electron chi connectivity index (χ0n) is 20.3. The summed E-state index contributed by atoms with van der Waals surface area (Å²) in [6, 6.07) is 12.0. The zero-order valence-corrected chi connectivity index (χ0v) is 20.3. The second-order valence-corrected chi connectivity index (χ2v) is 10.2. The van der Waals surface area contributed by atoms with E-state index in [1.54, 1.807) is 6.07 Å². The molecular weight excluding hydrogens is 438 g/mol. The average Bonchev–Trinajstić information content (AvgIpc) is 3.32. The molecule has 6 heteroatoms. The van der Waals surface area contributed by atoms with Crippen LogP contribution in [0.3, 0.4) is 0 Å². The number of benzene rings is 2. The maximum absolute atomic E-state index is 13.6. The first-order chi connectivity index (χ1) is 17.1. The first kappa shape index (κ1) is 22.4. The van der Waals surface area contributed by atoms with Gasteiger partial charge < -0.3 is 19.9 Å². The van der Waals surface area contributed by atoms with Gasteiger partial charge in [-0.15, -0.1) is 0 Å². The molecule has 3 heterocycles. The number of carbonyl (C=O) groups is 2. The number of carbonyl (C=O) groups excluding carboxylic acids is 1. The monoisotopic (exact) mass is 471 g/mol. The number of hydrogen-bond acceptors (Lipinski definition) is 3. The van der Waals surface area contributed by atoms with E-state index >= 15 is 0 Å². The molecule has 2 N–H and O–H groups in total. The summed E-state index contributed by atoms with van der Waals surface area (Å²) in [5.74, 6) is -0.393. The minimum atomic E-state index is -0.892. The zero-order chi connectivity index (χ0) is 24.1. The number of hydrogen-bond donors (Lipinski definition) is 2. The predicted octanol–water partition coefficient (Wildman–Crippen LogP) is 5.50. The van der Waals surface area contributed by atoms with Crippen LogP contribution >= 0.6 is 0 Å². The van der Waals surface area contributed by atoms with E-state index in [2.05, 4.69) is 35.0 Å². The average molecular weight is 472 g/mol. The number of likely N-dealkylation sites (N-methyl/N-ethyl adjacent to an activating group) is 1. The Labute approximate surface area is 205 Å². The number of aromatic carboxylic acids is 1. The Morgan fingerprint density at radius 1 is 1.09 bits per heavy atom. The van der Waals surface area contributed by atoms with Gasteiger partial charge in [-0.1, -0.05) is 50.5 Å². The summed E-state index contributed by atoms with van der Waals surface area (Å²) < 4.78 is 2.36. The highest BCUT2D eigenvalue weighted by atomic mass is 16.4. The number of carboxylic acids is 1. The lowest BCUT2D eigenvalue weighted by atomic mass is 9.81. The molecule has 1 unspecified atom stereocenters. The number of aryl methyl sites for hydroxylation is 1. The van der Waals surface area contributed by atoms with Crippen LogP contribution in [-0.2, 0) is 11.3 Å². The van der Waals surface area contributed by atoms with Crippen molar-refractivity contribution in [3.05, 3.63) is 53.1 Å². The number of amides is 1. The van der Waals surface area contributed by atoms with Gasteiger partial charge in [-0.2, -0.15) is 0 Å². The van der Waals surface area contributed by atoms with Crippen molar-refractivity contribution >= 4 is 28.5 Å². The molecule has 1 aliphatic carbocycles. The molecule has 6 nitrogen and oxygen atoms in total. The van der Waals surface area contributed by atoms with Gasteiger partial charge in [0.15, 0.2) is 0 Å². The van der Waals surface area contributed by atoms with Gasteiger partial charge in [-0.05, 0) is 55.0 Å². The summed E-state index contributed by atoms with van der Waals surface area (Å²) >= 11 is 0. The largest absolute Gasteiger partial charge is 0.478 e. The van der Waals surface area contributed by atoms with Gasteiger partial charge >= 0.3 is 5.97 Å². The summed E-state index contributed by atoms with van der Waals surface area (Å²) in [5, 5.41) is 14.3. The van der Waals surface area contributed by atoms with Crippen molar-refractivity contribution < 1.29 is 14.7 Å². The first-order valence-electron chi connectivity index (χ1n) is 13.1. The molecule has 6 rings (SSSR count). The molecule has 2 aliphatic heterocycles. The Kier molecular flexibility index (Phi) is 5.64. The normalized spacial score (nSPS) is 20.0. The number of carboxylic acid groups (broad SMARTS) is 1. The van der Waals surface area contributed by atoms with Crippen LogP contribution in [0.1, 0.15) is 78.8 Å². The van der Waals surface area contributed by atoms with E-state index in [-0.39, 0.29) is 11.8 Å². The van der Waals surface area contributed by atoms with Crippen molar-refractivity contribution in [2.45, 2.75) is 63.8 Å². The molecule has 2 aromatic carbocycles. The third kappa shape index (κ3) is 3.49. The van der Waals surface area contributed by atoms with Gasteiger partial charge in [0.05, 0.1) is 22.9 Å². The van der Waals surface area contributed by atoms with E-state index in [0.29, 0.717) is 24.6 Å². The standard InChI is InChI=1S/C29H33N3O3/c1-2-30-17-23-20-10-6-11-22-26(20)32(28(23)33)15-7-14-31-24-16-19(29(34)35)12-13-21(24)25(27(22)31)18-8-4-3-5-9-18/h6,10-13,16,18,23,30H,2-5,7-9,14-15,17H2,1H3,(H,34,35). The number of aromatic nitrogens is 1. The molecule has 3 aliphatic rings. The topological polar surface area (TPSA) is 74.6 Å². The van der Waals surface area contributed by atoms with Crippen LogP contribution in [0.5, 0.6) is 0 Å². The summed E-state index contributed by atoms with van der Waals surface area (Å²) in [7, 11) is 0. The third-order valence-electron chi connectivity index (χ3n) is 8.26. The maximum Gasteiger partial charge on any atom is 0.335 e. The van der Waals surface area contributed by atoms with Crippen molar-refractivity contribution in [2.75, 3.05) is 24.5 Å². The van der Waals surface area contributed by atoms with Crippen LogP contribution in [0.25, 0.3) is 22.2 Å². The van der Waals surface area contributed by atoms with Crippen molar-refractivity contribution in [2.24, 2.45) is 0 Å². The van der Waals surface area contributed by atoms with E-state index in [1.807, 2.05) is 17.0 Å². The van der Waals surface area contributed by atoms with Crippen LogP contribution < -0.4 is 10.2 Å². The van der Waals surface area contributed by atoms with Gasteiger partial charge in [-0.3, -0.25) is 4.79 Å². The summed E-state index contributed by atoms with van der Waals surface area (Å²) in [4.78, 5) is 27.4. The molecule has 35 heavy (non-hydrogen) atoms. The molecule has 0 saturated heterocycles. The molecule has 3 aromatic rings. The molecule has 1 atom stereocenters. The molecule has 182 valence electrons. The molecule has 1 aromatic heterocycles. The number of nitrogens with one attached hydrogen (secondary N) is 1. The summed E-state index contributed by atoms with van der Waals surface area (Å²) in [5.41, 5.74) is 7.22. The Hall–Kier alpha value is -3.12. The lowest BCUT2D eigenvalue weighted by Crippen LogP contribution is -2.34. The SMILES string of the molecule is CCNCC1C(=O)N2CCCn3c(c(C4CCCCC4)c4ccc(C(=O)O)cc43)-c3cccc1c32. The summed E-state index contributed by atoms with van der Waals surface area (Å²) in [6.07, 6.45) is 6.90. The molecule has 0 radical (unpaired) electrons. The van der Waals surface area contributed by atoms with Crippen LogP contribution in [0.15, 0.2) is 36.4 Å². The van der Waals surface area contributed by atoms with E-state index in [9.17, 15) is 14.7 Å². The number of para-hydroxylation sites is 1. The molecule has 0 spiro atoms. The van der Waals surface area contributed by atoms with Gasteiger partial charge in [0.25, 0.3) is 0 Å². The van der Waals surface area contributed by atoms with Crippen molar-refractivity contribution in [1.29, 1.82) is 0 Å². The number of fused-ring (bicyclic) bond motifs is 4. The molecule has 1 saturated carbocycles. The fourth-order valence-corrected chi connectivity index (χ4v) is 6.70. The number of nitrogens with zero attached hydrogens (tertiary/aromatic N) is 2. The maximum atomic E-state index is 13.6. The van der Waals surface area contributed by atoms with E-state index < -0.39 is 5.97 Å². The number of anilines is 1. The van der Waals surface area contributed by atoms with Gasteiger partial charge in [0.2, 0.25) is 5.91 Å². The Bertz CT molecular complexity index is 1320. The van der Waals surface area contributed by atoms with E-state index in [0.717, 1.165) is 54.7 Å². The highest BCUT2D eigenvalue weighted by Gasteiger charge is 2.40. The molecule has 1 fully saturated rings. The van der Waals surface area contributed by atoms with Crippen LogP contribution in [-0.4, -0.2) is 41.2 Å². The first-order valence-corrected chi connectivity index (χ1v) is 13.1. The lowest BCUT2D eigenvalue weighted by molar-refractivity contribution is -0.119. The summed E-state index contributed by atoms with van der Waals surface area (Å²) in [6.45, 7) is 5.02. The Morgan fingerprint density at radius 3 is 2.69 bits per heavy atom. The Morgan fingerprint density at radius 2 is 1.91 bits per heavy atom. The van der Waals surface area contributed by atoms with Crippen molar-refractivity contribution in [3.63, 3.8) is 0 Å². The van der Waals surface area contributed by atoms with Gasteiger partial charge in [-0.25, -0.2) is 4.79 Å². The second kappa shape index (κ2) is 8.83. The van der Waals surface area contributed by atoms with Crippen LogP contribution in [0.4, 0.5) is 5.69 Å². The van der Waals surface area contributed by atoms with Crippen molar-refractivity contribution in [1.82, 2.24) is 9.88 Å². The second-order valence-electron chi connectivity index (χ2n) is 10.2. The molecular formula is C29H33N3O3. The minimum Gasteiger partial charge on any atom is -0.478 e. The van der Waals surface area contributed by atoms with Gasteiger partial charge in [0.1, 0.15) is 0 Å². The van der Waals surface area contributed by atoms with Gasteiger partial charge in [0, 0.05) is 36.1 Å². The fourth-order valence-electron chi connectivity index (χ4n) is 6.70. The van der Waals surface area contributed by atoms with Crippen molar-refractivity contribution in [3.8, 4) is 11.3 Å². The lowest BCUT2D eigenvalue weighted by Gasteiger charge is -2.28. The third-order valence-corrected chi connectivity index (χ3v) is 8.26. The minimum absolute atomic E-state index is 0.155. The molecule has 0 bridgehead atoms. The fraction of sp³-hybridized carbons (Fsp3) is 0.448. The smallest absolute Gasteiger partial charge is 0.335 e. The van der Waals surface area contributed by atoms with E-state index in [4.69, 9.17) is 0 Å². The van der Waals surface area contributed by atoms with Crippen LogP contribution in [0, 0.1) is 0 Å². The quantitative estimate of drug-likeness (QED) is 0.515. The van der Waals surface area contributed by atoms with E-state index in [1.165, 1.54) is 35.9 Å². The van der Waals surface area contributed by atoms with Crippen LogP contribution in [0.2, 0.25) is 0 Å². The number of rotatable bonds is 5. The highest BCUT2D eigenvalue weighted by molar-refractivity contribution is 6.10. The molecule has 1 amide bonds.